The Morgan fingerprint density at radius 2 is 2.05 bits per heavy atom. The highest BCUT2D eigenvalue weighted by atomic mass is 16.5. The van der Waals surface area contributed by atoms with Crippen molar-refractivity contribution in [3.63, 3.8) is 0 Å². The molecule has 1 aliphatic rings. The topological polar surface area (TPSA) is 70.6 Å². The first-order chi connectivity index (χ1) is 10.7. The average Bonchev–Trinajstić information content (AvgIpc) is 2.96. The maximum Gasteiger partial charge on any atom is 0.257 e. The van der Waals surface area contributed by atoms with E-state index in [1.807, 2.05) is 42.5 Å². The molecular formula is C17H20N2O3. The molecule has 1 amide bonds. The Hall–Kier alpha value is -2.11. The highest BCUT2D eigenvalue weighted by Crippen LogP contribution is 2.20. The summed E-state index contributed by atoms with van der Waals surface area (Å²) >= 11 is 0. The van der Waals surface area contributed by atoms with Crippen LogP contribution in [0.2, 0.25) is 0 Å². The fourth-order valence-corrected chi connectivity index (χ4v) is 2.63. The van der Waals surface area contributed by atoms with E-state index in [1.165, 1.54) is 0 Å². The number of rotatable bonds is 5. The number of β-amino-alcohol motifs (C(OH)–C–C–N with tert-alkyl or cyclic N) is 1. The number of hydrogen-bond donors (Lipinski definition) is 3. The van der Waals surface area contributed by atoms with Gasteiger partial charge in [0.05, 0.1) is 6.10 Å². The third-order valence-electron chi connectivity index (χ3n) is 3.96. The Morgan fingerprint density at radius 1 is 1.23 bits per heavy atom. The number of fused-ring (bicyclic) bond motifs is 1. The number of aliphatic hydroxyl groups is 1. The molecular weight excluding hydrogens is 280 g/mol. The lowest BCUT2D eigenvalue weighted by Crippen LogP contribution is -2.36. The first-order valence-electron chi connectivity index (χ1n) is 7.49. The fourth-order valence-electron chi connectivity index (χ4n) is 2.63. The Kier molecular flexibility index (Phi) is 4.56. The average molecular weight is 300 g/mol. The van der Waals surface area contributed by atoms with Crippen molar-refractivity contribution in [2.24, 2.45) is 5.92 Å². The van der Waals surface area contributed by atoms with Gasteiger partial charge in [0.25, 0.3) is 5.91 Å². The summed E-state index contributed by atoms with van der Waals surface area (Å²) in [5.41, 5.74) is 0. The molecule has 0 aromatic heterocycles. The number of ether oxygens (including phenoxy) is 1. The van der Waals surface area contributed by atoms with Crippen LogP contribution in [0.4, 0.5) is 0 Å². The molecule has 1 heterocycles. The number of amides is 1. The molecule has 0 spiro atoms. The van der Waals surface area contributed by atoms with Gasteiger partial charge in [-0.3, -0.25) is 4.79 Å². The number of carbonyl (C=O) groups excluding carboxylic acids is 1. The molecule has 116 valence electrons. The van der Waals surface area contributed by atoms with Crippen LogP contribution in [0.15, 0.2) is 42.5 Å². The van der Waals surface area contributed by atoms with Crippen molar-refractivity contribution >= 4 is 16.7 Å². The number of nitrogens with one attached hydrogen (secondary N) is 2. The van der Waals surface area contributed by atoms with E-state index >= 15 is 0 Å². The lowest BCUT2D eigenvalue weighted by Gasteiger charge is -2.14. The number of hydrogen-bond acceptors (Lipinski definition) is 4. The van der Waals surface area contributed by atoms with Crippen LogP contribution in [0.1, 0.15) is 0 Å². The zero-order valence-corrected chi connectivity index (χ0v) is 12.3. The molecule has 2 atom stereocenters. The summed E-state index contributed by atoms with van der Waals surface area (Å²) in [6.07, 6.45) is -0.387. The number of aliphatic hydroxyl groups excluding tert-OH is 1. The van der Waals surface area contributed by atoms with Gasteiger partial charge in [-0.25, -0.2) is 0 Å². The van der Waals surface area contributed by atoms with Gasteiger partial charge in [0, 0.05) is 25.6 Å². The van der Waals surface area contributed by atoms with Gasteiger partial charge in [0.1, 0.15) is 5.75 Å². The van der Waals surface area contributed by atoms with Gasteiger partial charge in [-0.2, -0.15) is 0 Å². The maximum absolute atomic E-state index is 11.8. The van der Waals surface area contributed by atoms with Crippen LogP contribution in [0.5, 0.6) is 5.75 Å². The van der Waals surface area contributed by atoms with Crippen LogP contribution in [0.3, 0.4) is 0 Å². The molecule has 22 heavy (non-hydrogen) atoms. The van der Waals surface area contributed by atoms with Crippen molar-refractivity contribution in [1.82, 2.24) is 10.6 Å². The Bertz CT molecular complexity index is 659. The Balaban J connectivity index is 1.49. The monoisotopic (exact) mass is 300 g/mol. The van der Waals surface area contributed by atoms with Gasteiger partial charge in [0.2, 0.25) is 0 Å². The normalized spacial score (nSPS) is 21.0. The Labute approximate surface area is 129 Å². The molecule has 2 unspecified atom stereocenters. The minimum atomic E-state index is -0.387. The molecule has 5 nitrogen and oxygen atoms in total. The van der Waals surface area contributed by atoms with E-state index < -0.39 is 0 Å². The van der Waals surface area contributed by atoms with Crippen molar-refractivity contribution in [3.05, 3.63) is 42.5 Å². The smallest absolute Gasteiger partial charge is 0.257 e. The molecule has 1 fully saturated rings. The molecule has 2 aromatic carbocycles. The van der Waals surface area contributed by atoms with E-state index in [2.05, 4.69) is 10.6 Å². The van der Waals surface area contributed by atoms with E-state index in [-0.39, 0.29) is 24.5 Å². The molecule has 2 aromatic rings. The molecule has 0 saturated carbocycles. The SMILES string of the molecule is O=C(COc1ccc2ccccc2c1)NCC1CNCC1O. The van der Waals surface area contributed by atoms with Gasteiger partial charge < -0.3 is 20.5 Å². The minimum Gasteiger partial charge on any atom is -0.484 e. The van der Waals surface area contributed by atoms with E-state index in [4.69, 9.17) is 4.74 Å². The molecule has 3 rings (SSSR count). The summed E-state index contributed by atoms with van der Waals surface area (Å²) in [6.45, 7) is 1.77. The highest BCUT2D eigenvalue weighted by molar-refractivity contribution is 5.84. The summed E-state index contributed by atoms with van der Waals surface area (Å²) in [5, 5.41) is 17.8. The summed E-state index contributed by atoms with van der Waals surface area (Å²) in [5.74, 6) is 0.577. The summed E-state index contributed by atoms with van der Waals surface area (Å²) in [7, 11) is 0. The van der Waals surface area contributed by atoms with Gasteiger partial charge in [0.15, 0.2) is 6.61 Å². The van der Waals surface area contributed by atoms with E-state index in [1.54, 1.807) is 0 Å². The molecule has 1 saturated heterocycles. The van der Waals surface area contributed by atoms with Crippen molar-refractivity contribution in [2.75, 3.05) is 26.2 Å². The highest BCUT2D eigenvalue weighted by Gasteiger charge is 2.24. The lowest BCUT2D eigenvalue weighted by molar-refractivity contribution is -0.123. The van der Waals surface area contributed by atoms with E-state index in [9.17, 15) is 9.90 Å². The van der Waals surface area contributed by atoms with Crippen LogP contribution in [-0.4, -0.2) is 43.4 Å². The second-order valence-electron chi connectivity index (χ2n) is 5.59. The zero-order valence-electron chi connectivity index (χ0n) is 12.3. The predicted molar refractivity (Wildman–Crippen MR) is 84.8 cm³/mol. The first kappa shape index (κ1) is 14.8. The van der Waals surface area contributed by atoms with Gasteiger partial charge in [-0.05, 0) is 22.9 Å². The van der Waals surface area contributed by atoms with Crippen LogP contribution >= 0.6 is 0 Å². The van der Waals surface area contributed by atoms with E-state index in [0.717, 1.165) is 17.3 Å². The first-order valence-corrected chi connectivity index (χ1v) is 7.49. The molecule has 3 N–H and O–H groups in total. The summed E-state index contributed by atoms with van der Waals surface area (Å²) < 4.78 is 5.53. The van der Waals surface area contributed by atoms with Gasteiger partial charge >= 0.3 is 0 Å². The largest absolute Gasteiger partial charge is 0.484 e. The zero-order chi connectivity index (χ0) is 15.4. The van der Waals surface area contributed by atoms with E-state index in [0.29, 0.717) is 18.8 Å². The van der Waals surface area contributed by atoms with Crippen LogP contribution in [0.25, 0.3) is 10.8 Å². The standard InChI is InChI=1S/C17H20N2O3/c20-16-10-18-8-14(16)9-19-17(21)11-22-15-6-5-12-3-1-2-4-13(12)7-15/h1-7,14,16,18,20H,8-11H2,(H,19,21). The van der Waals surface area contributed by atoms with Crippen LogP contribution in [-0.2, 0) is 4.79 Å². The van der Waals surface area contributed by atoms with Gasteiger partial charge in [-0.15, -0.1) is 0 Å². The van der Waals surface area contributed by atoms with Crippen molar-refractivity contribution in [1.29, 1.82) is 0 Å². The van der Waals surface area contributed by atoms with Crippen LogP contribution < -0.4 is 15.4 Å². The maximum atomic E-state index is 11.8. The third kappa shape index (κ3) is 3.55. The quantitative estimate of drug-likeness (QED) is 0.768. The Morgan fingerprint density at radius 3 is 2.82 bits per heavy atom. The number of benzene rings is 2. The van der Waals surface area contributed by atoms with Crippen molar-refractivity contribution in [3.8, 4) is 5.75 Å². The van der Waals surface area contributed by atoms with Crippen LogP contribution in [0, 0.1) is 5.92 Å². The molecule has 0 bridgehead atoms. The lowest BCUT2D eigenvalue weighted by atomic mass is 10.1. The summed E-state index contributed by atoms with van der Waals surface area (Å²) in [4.78, 5) is 11.8. The third-order valence-corrected chi connectivity index (χ3v) is 3.96. The molecule has 0 radical (unpaired) electrons. The molecule has 5 heteroatoms. The fraction of sp³-hybridized carbons (Fsp3) is 0.353. The second kappa shape index (κ2) is 6.77. The second-order valence-corrected chi connectivity index (χ2v) is 5.59. The predicted octanol–water partition coefficient (Wildman–Crippen LogP) is 0.915. The molecule has 1 aliphatic heterocycles. The minimum absolute atomic E-state index is 0.0193. The summed E-state index contributed by atoms with van der Waals surface area (Å²) in [6, 6.07) is 13.8. The molecule has 0 aliphatic carbocycles. The van der Waals surface area contributed by atoms with Gasteiger partial charge in [-0.1, -0.05) is 30.3 Å². The van der Waals surface area contributed by atoms with Crippen molar-refractivity contribution in [2.45, 2.75) is 6.10 Å². The number of carbonyl (C=O) groups is 1. The van der Waals surface area contributed by atoms with Crippen molar-refractivity contribution < 1.29 is 14.6 Å².